The number of benzene rings is 2. The van der Waals surface area contributed by atoms with Crippen LogP contribution in [0, 0.1) is 0 Å². The summed E-state index contributed by atoms with van der Waals surface area (Å²) in [5.74, 6) is 0. The molecule has 2 atom stereocenters. The van der Waals surface area contributed by atoms with E-state index >= 15 is 0 Å². The van der Waals surface area contributed by atoms with Crippen LogP contribution in [0.3, 0.4) is 0 Å². The summed E-state index contributed by atoms with van der Waals surface area (Å²) in [5.41, 5.74) is 4.81. The highest BCUT2D eigenvalue weighted by Gasteiger charge is 2.14. The van der Waals surface area contributed by atoms with Crippen LogP contribution in [-0.4, -0.2) is 23.1 Å². The maximum atomic E-state index is 4.53. The smallest absolute Gasteiger partial charge is 0.0422 e. The normalized spacial score (nSPS) is 12.8. The molecule has 0 spiro atoms. The van der Waals surface area contributed by atoms with Crippen molar-refractivity contribution < 1.29 is 0 Å². The van der Waals surface area contributed by atoms with Crippen molar-refractivity contribution in [2.45, 2.75) is 31.3 Å². The molecule has 0 amide bonds. The maximum absolute atomic E-state index is 4.53. The molecule has 2 aromatic carbocycles. The average molecular weight is 437 g/mol. The number of pyridine rings is 2. The standard InChI is InChI=1S/C29H32N4/c1-3-12-24(13-4-1)28(22-26-16-7-9-18-30-26)32-20-11-21-33-29(25-14-5-2-6-15-25)23-27-17-8-10-19-31-27/h1-10,12-19,28-29,32-33H,11,20-23H2/t28-,29-/m1/s1. The van der Waals surface area contributed by atoms with Crippen LogP contribution in [0.4, 0.5) is 0 Å². The van der Waals surface area contributed by atoms with Crippen LogP contribution >= 0.6 is 0 Å². The predicted octanol–water partition coefficient (Wildman–Crippen LogP) is 5.31. The number of hydrogen-bond acceptors (Lipinski definition) is 4. The van der Waals surface area contributed by atoms with Crippen LogP contribution in [0.2, 0.25) is 0 Å². The van der Waals surface area contributed by atoms with Gasteiger partial charge in [0.25, 0.3) is 0 Å². The highest BCUT2D eigenvalue weighted by Crippen LogP contribution is 2.19. The summed E-state index contributed by atoms with van der Waals surface area (Å²) < 4.78 is 0. The lowest BCUT2D eigenvalue weighted by molar-refractivity contribution is 0.475. The minimum atomic E-state index is 0.250. The van der Waals surface area contributed by atoms with Gasteiger partial charge < -0.3 is 10.6 Å². The zero-order valence-corrected chi connectivity index (χ0v) is 19.0. The molecule has 0 aliphatic heterocycles. The topological polar surface area (TPSA) is 49.8 Å². The summed E-state index contributed by atoms with van der Waals surface area (Å²) in [7, 11) is 0. The summed E-state index contributed by atoms with van der Waals surface area (Å²) in [6, 6.07) is 34.1. The molecule has 4 rings (SSSR count). The molecule has 0 saturated heterocycles. The second-order valence-electron chi connectivity index (χ2n) is 8.24. The largest absolute Gasteiger partial charge is 0.310 e. The first-order chi connectivity index (χ1) is 16.4. The number of hydrogen-bond donors (Lipinski definition) is 2. The Labute approximate surface area is 197 Å². The molecule has 0 fully saturated rings. The van der Waals surface area contributed by atoms with Crippen molar-refractivity contribution in [2.75, 3.05) is 13.1 Å². The molecule has 0 radical (unpaired) electrons. The van der Waals surface area contributed by atoms with Gasteiger partial charge in [0, 0.05) is 48.7 Å². The first-order valence-corrected chi connectivity index (χ1v) is 11.7. The van der Waals surface area contributed by atoms with Gasteiger partial charge in [-0.05, 0) is 54.9 Å². The van der Waals surface area contributed by atoms with E-state index in [9.17, 15) is 0 Å². The summed E-state index contributed by atoms with van der Waals surface area (Å²) in [6.07, 6.45) is 6.53. The lowest BCUT2D eigenvalue weighted by atomic mass is 10.0. The maximum Gasteiger partial charge on any atom is 0.0422 e. The summed E-state index contributed by atoms with van der Waals surface area (Å²) >= 11 is 0. The quantitative estimate of drug-likeness (QED) is 0.295. The Morgan fingerprint density at radius 1 is 0.515 bits per heavy atom. The van der Waals surface area contributed by atoms with Gasteiger partial charge >= 0.3 is 0 Å². The second kappa shape index (κ2) is 12.6. The Hall–Kier alpha value is -3.34. The molecule has 0 aliphatic carbocycles. The molecule has 2 aromatic heterocycles. The fraction of sp³-hybridized carbons (Fsp3) is 0.241. The van der Waals surface area contributed by atoms with E-state index in [4.69, 9.17) is 0 Å². The average Bonchev–Trinajstić information content (AvgIpc) is 2.89. The molecule has 0 unspecified atom stereocenters. The molecule has 168 valence electrons. The SMILES string of the molecule is c1ccc([C@@H](Cc2ccccn2)NCCCN[C@H](Cc2ccccn2)c2ccccc2)cc1. The molecule has 4 aromatic rings. The van der Waals surface area contributed by atoms with Crippen LogP contribution in [0.15, 0.2) is 109 Å². The molecule has 0 bridgehead atoms. The minimum Gasteiger partial charge on any atom is -0.310 e. The third kappa shape index (κ3) is 7.35. The van der Waals surface area contributed by atoms with E-state index in [1.165, 1.54) is 11.1 Å². The zero-order chi connectivity index (χ0) is 22.6. The van der Waals surface area contributed by atoms with E-state index in [1.807, 2.05) is 24.5 Å². The van der Waals surface area contributed by atoms with Crippen molar-refractivity contribution in [3.8, 4) is 0 Å². The predicted molar refractivity (Wildman–Crippen MR) is 135 cm³/mol. The van der Waals surface area contributed by atoms with E-state index in [1.54, 1.807) is 0 Å². The van der Waals surface area contributed by atoms with E-state index in [0.717, 1.165) is 43.7 Å². The van der Waals surface area contributed by atoms with Gasteiger partial charge in [0.1, 0.15) is 0 Å². The first kappa shape index (κ1) is 22.8. The molecular formula is C29H32N4. The summed E-state index contributed by atoms with van der Waals surface area (Å²) in [4.78, 5) is 9.05. The molecule has 4 nitrogen and oxygen atoms in total. The fourth-order valence-corrected chi connectivity index (χ4v) is 4.08. The molecule has 0 saturated carbocycles. The van der Waals surface area contributed by atoms with Gasteiger partial charge in [-0.1, -0.05) is 72.8 Å². The molecule has 4 heteroatoms. The fourth-order valence-electron chi connectivity index (χ4n) is 4.08. The Balaban J connectivity index is 1.32. The summed E-state index contributed by atoms with van der Waals surface area (Å²) in [5, 5.41) is 7.51. The van der Waals surface area contributed by atoms with E-state index in [-0.39, 0.29) is 12.1 Å². The van der Waals surface area contributed by atoms with E-state index in [2.05, 4.69) is 106 Å². The van der Waals surface area contributed by atoms with Crippen LogP contribution in [0.1, 0.15) is 41.0 Å². The van der Waals surface area contributed by atoms with Gasteiger partial charge in [-0.3, -0.25) is 9.97 Å². The van der Waals surface area contributed by atoms with Crippen molar-refractivity contribution >= 4 is 0 Å². The molecular weight excluding hydrogens is 404 g/mol. The van der Waals surface area contributed by atoms with Gasteiger partial charge in [0.15, 0.2) is 0 Å². The van der Waals surface area contributed by atoms with Gasteiger partial charge in [0.2, 0.25) is 0 Å². The van der Waals surface area contributed by atoms with Crippen molar-refractivity contribution in [2.24, 2.45) is 0 Å². The van der Waals surface area contributed by atoms with Gasteiger partial charge in [-0.25, -0.2) is 0 Å². The molecule has 2 heterocycles. The van der Waals surface area contributed by atoms with Gasteiger partial charge in [-0.15, -0.1) is 0 Å². The lowest BCUT2D eigenvalue weighted by Crippen LogP contribution is -2.29. The Morgan fingerprint density at radius 2 is 0.939 bits per heavy atom. The van der Waals surface area contributed by atoms with Crippen LogP contribution in [0.25, 0.3) is 0 Å². The van der Waals surface area contributed by atoms with Crippen LogP contribution in [0.5, 0.6) is 0 Å². The van der Waals surface area contributed by atoms with Crippen molar-refractivity contribution in [3.63, 3.8) is 0 Å². The molecule has 33 heavy (non-hydrogen) atoms. The molecule has 0 aliphatic rings. The third-order valence-corrected chi connectivity index (χ3v) is 5.82. The number of nitrogens with one attached hydrogen (secondary N) is 2. The van der Waals surface area contributed by atoms with E-state index < -0.39 is 0 Å². The van der Waals surface area contributed by atoms with Crippen molar-refractivity contribution in [1.82, 2.24) is 20.6 Å². The summed E-state index contributed by atoms with van der Waals surface area (Å²) in [6.45, 7) is 1.87. The third-order valence-electron chi connectivity index (χ3n) is 5.82. The highest BCUT2D eigenvalue weighted by molar-refractivity contribution is 5.22. The van der Waals surface area contributed by atoms with Gasteiger partial charge in [-0.2, -0.15) is 0 Å². The highest BCUT2D eigenvalue weighted by atomic mass is 14.9. The monoisotopic (exact) mass is 436 g/mol. The van der Waals surface area contributed by atoms with Gasteiger partial charge in [0.05, 0.1) is 0 Å². The number of nitrogens with zero attached hydrogens (tertiary/aromatic N) is 2. The van der Waals surface area contributed by atoms with Crippen molar-refractivity contribution in [3.05, 3.63) is 132 Å². The Morgan fingerprint density at radius 3 is 1.33 bits per heavy atom. The molecule has 2 N–H and O–H groups in total. The van der Waals surface area contributed by atoms with Crippen molar-refractivity contribution in [1.29, 1.82) is 0 Å². The number of aromatic nitrogens is 2. The van der Waals surface area contributed by atoms with E-state index in [0.29, 0.717) is 0 Å². The zero-order valence-electron chi connectivity index (χ0n) is 19.0. The van der Waals surface area contributed by atoms with Crippen LogP contribution in [-0.2, 0) is 12.8 Å². The number of rotatable bonds is 12. The van der Waals surface area contributed by atoms with Crippen LogP contribution < -0.4 is 10.6 Å². The minimum absolute atomic E-state index is 0.250. The Bertz CT molecular complexity index is 953. The lowest BCUT2D eigenvalue weighted by Gasteiger charge is -2.21. The Kier molecular flexibility index (Phi) is 8.74. The second-order valence-corrected chi connectivity index (χ2v) is 8.24. The first-order valence-electron chi connectivity index (χ1n) is 11.7.